The number of nitrogens with one attached hydrogen (secondary N) is 1. The van der Waals surface area contributed by atoms with E-state index in [1.165, 1.54) is 11.8 Å². The normalized spacial score (nSPS) is 12.0. The number of anilines is 1. The summed E-state index contributed by atoms with van der Waals surface area (Å²) < 4.78 is 10.2. The first kappa shape index (κ1) is 17.1. The fraction of sp³-hybridized carbons (Fsp3) is 0.400. The van der Waals surface area contributed by atoms with Gasteiger partial charge in [-0.05, 0) is 26.0 Å². The van der Waals surface area contributed by atoms with Gasteiger partial charge in [0.05, 0.1) is 23.8 Å². The molecule has 0 saturated carbocycles. The molecule has 0 saturated heterocycles. The third kappa shape index (κ3) is 4.88. The number of thioether (sulfide) groups is 1. The highest BCUT2D eigenvalue weighted by atomic mass is 32.2. The van der Waals surface area contributed by atoms with Crippen LogP contribution in [0.4, 0.5) is 5.82 Å². The topological polar surface area (TPSA) is 88.6 Å². The number of hydrogen-bond acceptors (Lipinski definition) is 6. The lowest BCUT2D eigenvalue weighted by molar-refractivity contribution is -0.129. The summed E-state index contributed by atoms with van der Waals surface area (Å²) in [5, 5.41) is 6.28. The zero-order valence-electron chi connectivity index (χ0n) is 13.2. The van der Waals surface area contributed by atoms with Crippen LogP contribution >= 0.6 is 11.8 Å². The predicted octanol–water partition coefficient (Wildman–Crippen LogP) is 2.47. The Labute approximate surface area is 138 Å². The minimum atomic E-state index is -0.224. The fourth-order valence-corrected chi connectivity index (χ4v) is 2.61. The molecule has 0 aromatic carbocycles. The third-order valence-electron chi connectivity index (χ3n) is 3.28. The first-order valence-electron chi connectivity index (χ1n) is 7.07. The molecular weight excluding hydrogens is 318 g/mol. The average Bonchev–Trinajstić information content (AvgIpc) is 3.17. The van der Waals surface area contributed by atoms with Crippen molar-refractivity contribution in [3.8, 4) is 0 Å². The zero-order valence-corrected chi connectivity index (χ0v) is 14.1. The van der Waals surface area contributed by atoms with Crippen LogP contribution in [0, 0.1) is 6.92 Å². The second kappa shape index (κ2) is 7.87. The van der Waals surface area contributed by atoms with Crippen molar-refractivity contribution in [3.63, 3.8) is 0 Å². The summed E-state index contributed by atoms with van der Waals surface area (Å²) in [6, 6.07) is 5.10. The highest BCUT2D eigenvalue weighted by Crippen LogP contribution is 2.20. The molecule has 0 bridgehead atoms. The van der Waals surface area contributed by atoms with Crippen LogP contribution in [0.25, 0.3) is 0 Å². The molecule has 0 spiro atoms. The molecule has 7 nitrogen and oxygen atoms in total. The van der Waals surface area contributed by atoms with Crippen LogP contribution < -0.4 is 5.32 Å². The molecule has 2 heterocycles. The van der Waals surface area contributed by atoms with Gasteiger partial charge in [0.2, 0.25) is 11.8 Å². The number of rotatable bonds is 7. The number of nitrogens with zero attached hydrogens (tertiary/aromatic N) is 2. The van der Waals surface area contributed by atoms with Gasteiger partial charge in [0.1, 0.15) is 11.5 Å². The Balaban J connectivity index is 1.72. The molecular formula is C15H19N3O4S. The zero-order chi connectivity index (χ0) is 16.8. The van der Waals surface area contributed by atoms with E-state index in [4.69, 9.17) is 8.94 Å². The maximum atomic E-state index is 12.1. The summed E-state index contributed by atoms with van der Waals surface area (Å²) in [5.74, 6) is 1.82. The van der Waals surface area contributed by atoms with Crippen LogP contribution in [0.3, 0.4) is 0 Å². The van der Waals surface area contributed by atoms with Gasteiger partial charge in [-0.3, -0.25) is 9.59 Å². The summed E-state index contributed by atoms with van der Waals surface area (Å²) in [5.41, 5.74) is 0. The molecule has 8 heteroatoms. The number of carbonyl (C=O) groups excluding carboxylic acids is 2. The van der Waals surface area contributed by atoms with E-state index in [9.17, 15) is 9.59 Å². The predicted molar refractivity (Wildman–Crippen MR) is 87.1 cm³/mol. The van der Waals surface area contributed by atoms with E-state index >= 15 is 0 Å². The summed E-state index contributed by atoms with van der Waals surface area (Å²) in [7, 11) is 1.72. The van der Waals surface area contributed by atoms with Gasteiger partial charge in [0.15, 0.2) is 5.82 Å². The van der Waals surface area contributed by atoms with Crippen molar-refractivity contribution >= 4 is 29.4 Å². The molecule has 0 radical (unpaired) electrons. The van der Waals surface area contributed by atoms with Crippen molar-refractivity contribution < 1.29 is 18.5 Å². The molecule has 124 valence electrons. The Morgan fingerprint density at radius 2 is 2.22 bits per heavy atom. The highest BCUT2D eigenvalue weighted by molar-refractivity contribution is 8.00. The average molecular weight is 337 g/mol. The van der Waals surface area contributed by atoms with E-state index in [1.807, 2.05) is 13.0 Å². The van der Waals surface area contributed by atoms with Gasteiger partial charge in [-0.15, -0.1) is 11.8 Å². The SMILES string of the molecule is Cc1cc(NC(=O)CSCC(=O)N(C)C(C)c2ccco2)no1. The lowest BCUT2D eigenvalue weighted by Gasteiger charge is -2.23. The molecule has 2 amide bonds. The van der Waals surface area contributed by atoms with E-state index < -0.39 is 0 Å². The summed E-state index contributed by atoms with van der Waals surface area (Å²) in [6.07, 6.45) is 1.58. The molecule has 2 aromatic heterocycles. The Kier molecular flexibility index (Phi) is 5.86. The van der Waals surface area contributed by atoms with E-state index in [0.717, 1.165) is 5.76 Å². The fourth-order valence-electron chi connectivity index (χ4n) is 1.87. The molecule has 0 aliphatic carbocycles. The largest absolute Gasteiger partial charge is 0.467 e. The van der Waals surface area contributed by atoms with Crippen LogP contribution in [0.2, 0.25) is 0 Å². The minimum Gasteiger partial charge on any atom is -0.467 e. The van der Waals surface area contributed by atoms with Crippen molar-refractivity contribution in [1.82, 2.24) is 10.1 Å². The van der Waals surface area contributed by atoms with Gasteiger partial charge in [-0.25, -0.2) is 0 Å². The Hall–Kier alpha value is -2.22. The van der Waals surface area contributed by atoms with Crippen LogP contribution in [0.15, 0.2) is 33.4 Å². The second-order valence-electron chi connectivity index (χ2n) is 5.06. The van der Waals surface area contributed by atoms with Crippen molar-refractivity contribution in [3.05, 3.63) is 36.0 Å². The number of hydrogen-bond donors (Lipinski definition) is 1. The second-order valence-corrected chi connectivity index (χ2v) is 6.05. The maximum absolute atomic E-state index is 12.1. The number of aromatic nitrogens is 1. The molecule has 2 rings (SSSR count). The van der Waals surface area contributed by atoms with Crippen LogP contribution in [-0.4, -0.2) is 40.4 Å². The van der Waals surface area contributed by atoms with Crippen molar-refractivity contribution in [2.45, 2.75) is 19.9 Å². The highest BCUT2D eigenvalue weighted by Gasteiger charge is 2.19. The number of furan rings is 1. The Morgan fingerprint density at radius 1 is 1.43 bits per heavy atom. The first-order valence-corrected chi connectivity index (χ1v) is 8.23. The molecule has 1 unspecified atom stereocenters. The van der Waals surface area contributed by atoms with Crippen LogP contribution in [0.1, 0.15) is 24.5 Å². The smallest absolute Gasteiger partial charge is 0.235 e. The quantitative estimate of drug-likeness (QED) is 0.835. The summed E-state index contributed by atoms with van der Waals surface area (Å²) in [4.78, 5) is 25.5. The van der Waals surface area contributed by atoms with Gasteiger partial charge >= 0.3 is 0 Å². The molecule has 0 aliphatic rings. The van der Waals surface area contributed by atoms with Crippen LogP contribution in [0.5, 0.6) is 0 Å². The van der Waals surface area contributed by atoms with E-state index in [2.05, 4.69) is 10.5 Å². The van der Waals surface area contributed by atoms with E-state index in [0.29, 0.717) is 11.6 Å². The van der Waals surface area contributed by atoms with Crippen molar-refractivity contribution in [1.29, 1.82) is 0 Å². The molecule has 0 fully saturated rings. The maximum Gasteiger partial charge on any atom is 0.235 e. The van der Waals surface area contributed by atoms with Crippen LogP contribution in [-0.2, 0) is 9.59 Å². The minimum absolute atomic E-state index is 0.0658. The number of amides is 2. The van der Waals surface area contributed by atoms with Gasteiger partial charge in [-0.1, -0.05) is 5.16 Å². The monoisotopic (exact) mass is 337 g/mol. The molecule has 2 aromatic rings. The lowest BCUT2D eigenvalue weighted by Crippen LogP contribution is -2.31. The molecule has 23 heavy (non-hydrogen) atoms. The lowest BCUT2D eigenvalue weighted by atomic mass is 10.2. The Morgan fingerprint density at radius 3 is 2.83 bits per heavy atom. The third-order valence-corrected chi connectivity index (χ3v) is 4.20. The van der Waals surface area contributed by atoms with Crippen molar-refractivity contribution in [2.24, 2.45) is 0 Å². The summed E-state index contributed by atoms with van der Waals surface area (Å²) >= 11 is 1.25. The summed E-state index contributed by atoms with van der Waals surface area (Å²) in [6.45, 7) is 3.63. The molecule has 1 N–H and O–H groups in total. The van der Waals surface area contributed by atoms with Gasteiger partial charge < -0.3 is 19.2 Å². The van der Waals surface area contributed by atoms with Gasteiger partial charge in [0.25, 0.3) is 0 Å². The number of aryl methyl sites for hydroxylation is 1. The van der Waals surface area contributed by atoms with E-state index in [1.54, 1.807) is 37.3 Å². The van der Waals surface area contributed by atoms with Crippen molar-refractivity contribution in [2.75, 3.05) is 23.9 Å². The molecule has 0 aliphatic heterocycles. The Bertz CT molecular complexity index is 653. The standard InChI is InChI=1S/C15H19N3O4S/c1-10-7-13(17-22-10)16-14(19)8-23-9-15(20)18(3)11(2)12-5-4-6-21-12/h4-7,11H,8-9H2,1-3H3,(H,16,17,19). The van der Waals surface area contributed by atoms with Gasteiger partial charge in [-0.2, -0.15) is 0 Å². The number of carbonyl (C=O) groups is 2. The van der Waals surface area contributed by atoms with E-state index in [-0.39, 0.29) is 29.4 Å². The molecule has 1 atom stereocenters. The van der Waals surface area contributed by atoms with Gasteiger partial charge in [0, 0.05) is 13.1 Å². The first-order chi connectivity index (χ1) is 11.0.